The molecule has 1 aliphatic rings. The van der Waals surface area contributed by atoms with E-state index in [4.69, 9.17) is 0 Å². The van der Waals surface area contributed by atoms with E-state index in [0.29, 0.717) is 0 Å². The van der Waals surface area contributed by atoms with Crippen LogP contribution in [0.5, 0.6) is 0 Å². The Morgan fingerprint density at radius 3 is 0.914 bits per heavy atom. The first-order valence-electron chi connectivity index (χ1n) is 12.1. The van der Waals surface area contributed by atoms with E-state index >= 15 is 0 Å². The summed E-state index contributed by atoms with van der Waals surface area (Å²) in [7, 11) is 0. The van der Waals surface area contributed by atoms with Crippen LogP contribution in [-0.4, -0.2) is 19.8 Å². The second-order valence-electron chi connectivity index (χ2n) is 8.71. The number of benzene rings is 5. The molecule has 0 saturated carbocycles. The van der Waals surface area contributed by atoms with E-state index in [9.17, 15) is 0 Å². The molecule has 6 rings (SSSR count). The summed E-state index contributed by atoms with van der Waals surface area (Å²) in [5, 5.41) is 0. The van der Waals surface area contributed by atoms with Gasteiger partial charge >= 0.3 is 216 Å². The number of hydrogen-bond acceptors (Lipinski definition) is 0. The summed E-state index contributed by atoms with van der Waals surface area (Å²) in [6.45, 7) is 0. The van der Waals surface area contributed by atoms with Crippen LogP contribution < -0.4 is 3.58 Å². The summed E-state index contributed by atoms with van der Waals surface area (Å²) in [6, 6.07) is 55.4. The molecule has 35 heavy (non-hydrogen) atoms. The van der Waals surface area contributed by atoms with Crippen molar-refractivity contribution in [1.82, 2.24) is 0 Å². The van der Waals surface area contributed by atoms with Crippen molar-refractivity contribution in [2.75, 3.05) is 0 Å². The predicted octanol–water partition coefficient (Wildman–Crippen LogP) is 7.70. The van der Waals surface area contributed by atoms with E-state index in [2.05, 4.69) is 152 Å². The molecule has 0 fully saturated rings. The molecule has 1 heterocycles. The van der Waals surface area contributed by atoms with Gasteiger partial charge in [0.2, 0.25) is 0 Å². The van der Waals surface area contributed by atoms with Crippen molar-refractivity contribution in [3.8, 4) is 0 Å². The van der Waals surface area contributed by atoms with E-state index < -0.39 is 19.8 Å². The fourth-order valence-corrected chi connectivity index (χ4v) is 14.5. The van der Waals surface area contributed by atoms with Crippen molar-refractivity contribution < 1.29 is 0 Å². The van der Waals surface area contributed by atoms with Crippen LogP contribution in [0.25, 0.3) is 18.3 Å². The fraction of sp³-hybridized carbons (Fsp3) is 0. The molecule has 0 spiro atoms. The molecule has 0 atom stereocenters. The van der Waals surface area contributed by atoms with Crippen LogP contribution in [0.4, 0.5) is 0 Å². The van der Waals surface area contributed by atoms with Crippen LogP contribution in [0.15, 0.2) is 152 Å². The van der Waals surface area contributed by atoms with Gasteiger partial charge in [0.1, 0.15) is 0 Å². The second kappa shape index (κ2) is 9.93. The number of allylic oxidation sites excluding steroid dienone is 2. The molecule has 0 nitrogen and oxygen atoms in total. The minimum atomic E-state index is -2.62. The predicted molar refractivity (Wildman–Crippen MR) is 151 cm³/mol. The molecule has 0 aliphatic carbocycles. The van der Waals surface area contributed by atoms with E-state index in [1.165, 1.54) is 37.0 Å². The van der Waals surface area contributed by atoms with Crippen LogP contribution in [-0.2, 0) is 0 Å². The molecule has 1 heteroatoms. The Balaban J connectivity index is 1.77. The van der Waals surface area contributed by atoms with E-state index in [1.54, 1.807) is 7.18 Å². The van der Waals surface area contributed by atoms with E-state index in [-0.39, 0.29) is 0 Å². The molecule has 0 amide bonds. The van der Waals surface area contributed by atoms with Gasteiger partial charge in [-0.05, 0) is 0 Å². The van der Waals surface area contributed by atoms with Crippen molar-refractivity contribution in [3.05, 3.63) is 174 Å². The summed E-state index contributed by atoms with van der Waals surface area (Å²) in [4.78, 5) is 0. The van der Waals surface area contributed by atoms with Crippen LogP contribution in [0.2, 0.25) is 0 Å². The summed E-state index contributed by atoms with van der Waals surface area (Å²) in [6.07, 6.45) is 0. The molecular formula is C34H25Sn-. The van der Waals surface area contributed by atoms with Crippen molar-refractivity contribution in [2.24, 2.45) is 0 Å². The van der Waals surface area contributed by atoms with Crippen LogP contribution in [0, 0.1) is 0 Å². The summed E-state index contributed by atoms with van der Waals surface area (Å²) < 4.78 is 4.62. The molecule has 5 aromatic rings. The fourth-order valence-electron chi connectivity index (χ4n) is 5.09. The molecule has 0 N–H and O–H groups in total. The monoisotopic (exact) mass is 553 g/mol. The van der Waals surface area contributed by atoms with Crippen molar-refractivity contribution in [1.29, 1.82) is 0 Å². The summed E-state index contributed by atoms with van der Waals surface area (Å²) >= 11 is -2.62. The average molecular weight is 552 g/mol. The first kappa shape index (κ1) is 21.9. The zero-order chi connectivity index (χ0) is 23.5. The first-order valence-corrected chi connectivity index (χ1v) is 16.3. The molecule has 5 aromatic carbocycles. The van der Waals surface area contributed by atoms with Crippen molar-refractivity contribution >= 4 is 41.7 Å². The molecule has 0 saturated heterocycles. The Morgan fingerprint density at radius 2 is 0.571 bits per heavy atom. The average Bonchev–Trinajstić information content (AvgIpc) is 3.32. The Bertz CT molecular complexity index is 1390. The normalized spacial score (nSPS) is 13.4. The van der Waals surface area contributed by atoms with Gasteiger partial charge < -0.3 is 0 Å². The van der Waals surface area contributed by atoms with Gasteiger partial charge in [0, 0.05) is 0 Å². The van der Waals surface area contributed by atoms with Gasteiger partial charge in [-0.3, -0.25) is 0 Å². The quantitative estimate of drug-likeness (QED) is 0.196. The van der Waals surface area contributed by atoms with Gasteiger partial charge in [-0.2, -0.15) is 0 Å². The summed E-state index contributed by atoms with van der Waals surface area (Å²) in [5.74, 6) is 0. The van der Waals surface area contributed by atoms with Crippen molar-refractivity contribution in [2.45, 2.75) is 0 Å². The van der Waals surface area contributed by atoms with Crippen LogP contribution in [0.3, 0.4) is 0 Å². The Kier molecular flexibility index (Phi) is 6.21. The van der Waals surface area contributed by atoms with Gasteiger partial charge in [-0.25, -0.2) is 0 Å². The third kappa shape index (κ3) is 4.19. The van der Waals surface area contributed by atoms with Gasteiger partial charge in [-0.15, -0.1) is 0 Å². The van der Waals surface area contributed by atoms with Gasteiger partial charge in [0.25, 0.3) is 0 Å². The zero-order valence-electron chi connectivity index (χ0n) is 19.4. The number of rotatable bonds is 5. The molecule has 1 aliphatic heterocycles. The molecule has 0 unspecified atom stereocenters. The maximum atomic E-state index is 2.36. The molecular weight excluding hydrogens is 527 g/mol. The van der Waals surface area contributed by atoms with Crippen LogP contribution in [0.1, 0.15) is 22.3 Å². The number of hydrogen-bond donors (Lipinski definition) is 0. The Morgan fingerprint density at radius 1 is 0.286 bits per heavy atom. The van der Waals surface area contributed by atoms with Crippen molar-refractivity contribution in [3.63, 3.8) is 0 Å². The standard InChI is InChI=1S/C28H20.C6H5.Sn/c1-5-13-23(14-6-1)21-27(25-17-9-3-10-18-25)28(26-19-11-4-12-20-26)22-24-15-7-2-8-16-24;1-2-4-6-5-3-1;/h1-20H;1-5H;/q;;-1. The van der Waals surface area contributed by atoms with Gasteiger partial charge in [0.05, 0.1) is 0 Å². The molecule has 0 bridgehead atoms. The maximum absolute atomic E-state index is 2.62. The topological polar surface area (TPSA) is 0 Å². The van der Waals surface area contributed by atoms with Crippen LogP contribution >= 0.6 is 0 Å². The SMILES string of the molecule is c1ccc(C2=[C](c3ccccc3)[Sn-]([c]3ccccc3)[C](c3ccccc3)=C2c2ccccc2)cc1. The van der Waals surface area contributed by atoms with E-state index in [0.717, 1.165) is 0 Å². The third-order valence-corrected chi connectivity index (χ3v) is 15.1. The van der Waals surface area contributed by atoms with Gasteiger partial charge in [0.15, 0.2) is 0 Å². The Hall–Kier alpha value is -3.62. The molecule has 166 valence electrons. The summed E-state index contributed by atoms with van der Waals surface area (Å²) in [5.41, 5.74) is 8.10. The Labute approximate surface area is 214 Å². The first-order chi connectivity index (χ1) is 17.4. The van der Waals surface area contributed by atoms with Gasteiger partial charge in [-0.1, -0.05) is 0 Å². The van der Waals surface area contributed by atoms with E-state index in [1.807, 2.05) is 0 Å². The second-order valence-corrected chi connectivity index (χ2v) is 15.3. The minimum absolute atomic E-state index is 1.30. The third-order valence-electron chi connectivity index (χ3n) is 6.56. The molecule has 0 radical (unpaired) electrons. The zero-order valence-corrected chi connectivity index (χ0v) is 22.3. The molecule has 0 aromatic heterocycles.